The lowest BCUT2D eigenvalue weighted by atomic mass is 10.2. The molecular formula is C17H15N5O5. The van der Waals surface area contributed by atoms with Crippen molar-refractivity contribution in [2.24, 2.45) is 0 Å². The van der Waals surface area contributed by atoms with Crippen molar-refractivity contribution in [2.75, 3.05) is 11.9 Å². The third-order valence-electron chi connectivity index (χ3n) is 3.83. The number of rotatable bonds is 5. The molecule has 0 aliphatic heterocycles. The van der Waals surface area contributed by atoms with Crippen molar-refractivity contribution >= 4 is 28.9 Å². The Kier molecular flexibility index (Phi) is 4.79. The lowest BCUT2D eigenvalue weighted by Gasteiger charge is -2.07. The van der Waals surface area contributed by atoms with Crippen molar-refractivity contribution in [3.05, 3.63) is 63.6 Å². The molecule has 0 aliphatic carbocycles. The molecule has 0 aliphatic rings. The van der Waals surface area contributed by atoms with Gasteiger partial charge in [0.1, 0.15) is 5.82 Å². The first-order chi connectivity index (χ1) is 12.8. The van der Waals surface area contributed by atoms with Crippen LogP contribution in [0.25, 0.3) is 5.65 Å². The van der Waals surface area contributed by atoms with Crippen LogP contribution < -0.4 is 5.32 Å². The Morgan fingerprint density at radius 1 is 1.22 bits per heavy atom. The molecular weight excluding hydrogens is 354 g/mol. The van der Waals surface area contributed by atoms with Gasteiger partial charge in [-0.1, -0.05) is 6.07 Å². The maximum atomic E-state index is 12.1. The number of esters is 1. The van der Waals surface area contributed by atoms with E-state index in [2.05, 4.69) is 15.5 Å². The molecule has 3 rings (SSSR count). The molecule has 3 aromatic rings. The Morgan fingerprint density at radius 3 is 2.74 bits per heavy atom. The minimum absolute atomic E-state index is 0.109. The Hall–Kier alpha value is -3.82. The summed E-state index contributed by atoms with van der Waals surface area (Å²) in [6, 6.07) is 7.44. The van der Waals surface area contributed by atoms with E-state index in [0.29, 0.717) is 17.0 Å². The van der Waals surface area contributed by atoms with Gasteiger partial charge in [-0.15, -0.1) is 10.2 Å². The zero-order chi connectivity index (χ0) is 19.6. The molecule has 0 fully saturated rings. The number of ether oxygens (including phenoxy) is 1. The highest BCUT2D eigenvalue weighted by Gasteiger charge is 2.15. The summed E-state index contributed by atoms with van der Waals surface area (Å²) < 4.78 is 6.62. The van der Waals surface area contributed by atoms with Gasteiger partial charge in [0.2, 0.25) is 0 Å². The normalized spacial score (nSPS) is 10.6. The number of hydrogen-bond donors (Lipinski definition) is 1. The third kappa shape index (κ3) is 3.89. The van der Waals surface area contributed by atoms with Crippen LogP contribution in [0.2, 0.25) is 0 Å². The van der Waals surface area contributed by atoms with Gasteiger partial charge in [0.15, 0.2) is 12.3 Å². The topological polar surface area (TPSA) is 129 Å². The minimum Gasteiger partial charge on any atom is -0.452 e. The number of benzene rings is 1. The molecule has 27 heavy (non-hydrogen) atoms. The lowest BCUT2D eigenvalue weighted by Crippen LogP contribution is -2.21. The van der Waals surface area contributed by atoms with E-state index in [1.807, 2.05) is 0 Å². The molecule has 0 saturated heterocycles. The molecule has 0 atom stereocenters. The number of aromatic nitrogens is 3. The number of pyridine rings is 1. The standard InChI is InChI=1S/C17H15N5O5/c1-10-3-5-13(7-14(10)22(25)26)18-16(23)9-27-17(24)12-4-6-15-20-19-11(2)21(15)8-12/h3-8H,9H2,1-2H3,(H,18,23). The van der Waals surface area contributed by atoms with Crippen molar-refractivity contribution in [1.29, 1.82) is 0 Å². The van der Waals surface area contributed by atoms with E-state index in [1.165, 1.54) is 30.5 Å². The molecule has 2 heterocycles. The van der Waals surface area contributed by atoms with Crippen LogP contribution >= 0.6 is 0 Å². The van der Waals surface area contributed by atoms with Gasteiger partial charge in [-0.2, -0.15) is 0 Å². The highest BCUT2D eigenvalue weighted by molar-refractivity contribution is 5.95. The van der Waals surface area contributed by atoms with Crippen LogP contribution in [0.3, 0.4) is 0 Å². The number of carbonyl (C=O) groups excluding carboxylic acids is 2. The molecule has 0 saturated carbocycles. The van der Waals surface area contributed by atoms with E-state index in [4.69, 9.17) is 4.74 Å². The fourth-order valence-corrected chi connectivity index (χ4v) is 2.42. The quantitative estimate of drug-likeness (QED) is 0.414. The number of nitrogens with one attached hydrogen (secondary N) is 1. The van der Waals surface area contributed by atoms with Gasteiger partial charge in [0, 0.05) is 23.5 Å². The molecule has 1 aromatic carbocycles. The Labute approximate surface area is 152 Å². The molecule has 0 radical (unpaired) electrons. The number of nitro benzene ring substituents is 1. The number of anilines is 1. The molecule has 10 heteroatoms. The number of amides is 1. The number of carbonyl (C=O) groups is 2. The molecule has 138 valence electrons. The zero-order valence-electron chi connectivity index (χ0n) is 14.5. The van der Waals surface area contributed by atoms with Gasteiger partial charge in [0.25, 0.3) is 11.6 Å². The maximum Gasteiger partial charge on any atom is 0.340 e. The summed E-state index contributed by atoms with van der Waals surface area (Å²) >= 11 is 0. The van der Waals surface area contributed by atoms with E-state index < -0.39 is 23.4 Å². The Morgan fingerprint density at radius 2 is 2.00 bits per heavy atom. The molecule has 2 aromatic heterocycles. The minimum atomic E-state index is -0.685. The second-order valence-electron chi connectivity index (χ2n) is 5.78. The maximum absolute atomic E-state index is 12.1. The van der Waals surface area contributed by atoms with E-state index >= 15 is 0 Å². The Balaban J connectivity index is 1.63. The van der Waals surface area contributed by atoms with E-state index in [-0.39, 0.29) is 16.9 Å². The van der Waals surface area contributed by atoms with Gasteiger partial charge in [-0.3, -0.25) is 19.3 Å². The second-order valence-corrected chi connectivity index (χ2v) is 5.78. The molecule has 0 spiro atoms. The molecule has 0 unspecified atom stereocenters. The summed E-state index contributed by atoms with van der Waals surface area (Å²) in [5.74, 6) is -0.684. The largest absolute Gasteiger partial charge is 0.452 e. The highest BCUT2D eigenvalue weighted by atomic mass is 16.6. The van der Waals surface area contributed by atoms with Crippen LogP contribution in [0.5, 0.6) is 0 Å². The summed E-state index contributed by atoms with van der Waals surface area (Å²) in [4.78, 5) is 34.5. The fourth-order valence-electron chi connectivity index (χ4n) is 2.42. The molecule has 0 bridgehead atoms. The van der Waals surface area contributed by atoms with Crippen LogP contribution in [0.1, 0.15) is 21.7 Å². The smallest absolute Gasteiger partial charge is 0.340 e. The van der Waals surface area contributed by atoms with Gasteiger partial charge in [-0.05, 0) is 32.0 Å². The number of nitrogens with zero attached hydrogens (tertiary/aromatic N) is 4. The predicted molar refractivity (Wildman–Crippen MR) is 94.5 cm³/mol. The first kappa shape index (κ1) is 18.0. The van der Waals surface area contributed by atoms with Crippen molar-refractivity contribution in [3.63, 3.8) is 0 Å². The van der Waals surface area contributed by atoms with Gasteiger partial charge >= 0.3 is 5.97 Å². The summed E-state index contributed by atoms with van der Waals surface area (Å²) in [5, 5.41) is 21.2. The zero-order valence-corrected chi connectivity index (χ0v) is 14.5. The number of hydrogen-bond acceptors (Lipinski definition) is 7. The van der Waals surface area contributed by atoms with Gasteiger partial charge < -0.3 is 10.1 Å². The van der Waals surface area contributed by atoms with Crippen LogP contribution in [-0.4, -0.2) is 38.0 Å². The highest BCUT2D eigenvalue weighted by Crippen LogP contribution is 2.22. The third-order valence-corrected chi connectivity index (χ3v) is 3.83. The first-order valence-electron chi connectivity index (χ1n) is 7.88. The average molecular weight is 369 g/mol. The average Bonchev–Trinajstić information content (AvgIpc) is 3.01. The summed E-state index contributed by atoms with van der Waals surface area (Å²) in [5.41, 5.74) is 1.44. The summed E-state index contributed by atoms with van der Waals surface area (Å²) in [6.45, 7) is 2.81. The van der Waals surface area contributed by atoms with Crippen molar-refractivity contribution in [3.8, 4) is 0 Å². The Bertz CT molecular complexity index is 1060. The lowest BCUT2D eigenvalue weighted by molar-refractivity contribution is -0.385. The number of aryl methyl sites for hydroxylation is 2. The van der Waals surface area contributed by atoms with Crippen LogP contribution in [0.15, 0.2) is 36.5 Å². The van der Waals surface area contributed by atoms with Crippen molar-refractivity contribution in [1.82, 2.24) is 14.6 Å². The fraction of sp³-hybridized carbons (Fsp3) is 0.176. The summed E-state index contributed by atoms with van der Waals surface area (Å²) in [7, 11) is 0. The van der Waals surface area contributed by atoms with Gasteiger partial charge in [0.05, 0.1) is 10.5 Å². The van der Waals surface area contributed by atoms with Crippen LogP contribution in [-0.2, 0) is 9.53 Å². The van der Waals surface area contributed by atoms with Crippen LogP contribution in [0.4, 0.5) is 11.4 Å². The monoisotopic (exact) mass is 369 g/mol. The van der Waals surface area contributed by atoms with Crippen molar-refractivity contribution < 1.29 is 19.2 Å². The number of fused-ring (bicyclic) bond motifs is 1. The second kappa shape index (κ2) is 7.20. The van der Waals surface area contributed by atoms with E-state index in [1.54, 1.807) is 24.3 Å². The predicted octanol–water partition coefficient (Wildman–Crippen LogP) is 2.05. The van der Waals surface area contributed by atoms with E-state index in [9.17, 15) is 19.7 Å². The first-order valence-corrected chi connectivity index (χ1v) is 7.88. The van der Waals surface area contributed by atoms with Crippen LogP contribution in [0, 0.1) is 24.0 Å². The molecule has 10 nitrogen and oxygen atoms in total. The SMILES string of the molecule is Cc1ccc(NC(=O)COC(=O)c2ccc3nnc(C)n3c2)cc1[N+](=O)[O-]. The van der Waals surface area contributed by atoms with Crippen molar-refractivity contribution in [2.45, 2.75) is 13.8 Å². The summed E-state index contributed by atoms with van der Waals surface area (Å²) in [6.07, 6.45) is 1.52. The molecule has 1 amide bonds. The van der Waals surface area contributed by atoms with E-state index in [0.717, 1.165) is 0 Å². The number of nitro groups is 1. The van der Waals surface area contributed by atoms with Gasteiger partial charge in [-0.25, -0.2) is 4.79 Å². The molecule has 1 N–H and O–H groups in total.